The summed E-state index contributed by atoms with van der Waals surface area (Å²) in [7, 11) is 0. The van der Waals surface area contributed by atoms with Gasteiger partial charge in [0.05, 0.1) is 30.9 Å². The Morgan fingerprint density at radius 2 is 2.00 bits per heavy atom. The van der Waals surface area contributed by atoms with Crippen molar-refractivity contribution in [1.82, 2.24) is 9.88 Å². The van der Waals surface area contributed by atoms with Crippen LogP contribution in [0.4, 0.5) is 5.69 Å². The Labute approximate surface area is 163 Å². The maximum Gasteiger partial charge on any atom is 0.254 e. The van der Waals surface area contributed by atoms with Crippen LogP contribution >= 0.6 is 0 Å². The van der Waals surface area contributed by atoms with Gasteiger partial charge in [-0.3, -0.25) is 9.78 Å². The number of aliphatic hydroxyl groups is 1. The summed E-state index contributed by atoms with van der Waals surface area (Å²) in [5, 5.41) is 11.0. The number of fused-ring (bicyclic) bond motifs is 1. The minimum Gasteiger partial charge on any atom is -0.398 e. The maximum absolute atomic E-state index is 12.9. The van der Waals surface area contributed by atoms with Crippen LogP contribution in [0.5, 0.6) is 0 Å². The molecular weight excluding hydrogens is 354 g/mol. The molecule has 2 heterocycles. The van der Waals surface area contributed by atoms with Crippen molar-refractivity contribution in [1.29, 1.82) is 0 Å². The lowest BCUT2D eigenvalue weighted by molar-refractivity contribution is 0.0520. The molecule has 4 rings (SSSR count). The van der Waals surface area contributed by atoms with Crippen molar-refractivity contribution in [3.05, 3.63) is 60.3 Å². The van der Waals surface area contributed by atoms with E-state index in [4.69, 9.17) is 10.5 Å². The number of para-hydroxylation sites is 1. The topological polar surface area (TPSA) is 88.7 Å². The molecule has 3 aromatic rings. The number of aromatic nitrogens is 1. The van der Waals surface area contributed by atoms with Gasteiger partial charge in [-0.05, 0) is 30.7 Å². The van der Waals surface area contributed by atoms with Crippen LogP contribution in [0.15, 0.2) is 54.7 Å². The van der Waals surface area contributed by atoms with Gasteiger partial charge < -0.3 is 20.5 Å². The van der Waals surface area contributed by atoms with Gasteiger partial charge in [-0.15, -0.1) is 0 Å². The van der Waals surface area contributed by atoms with Crippen LogP contribution in [-0.2, 0) is 4.74 Å². The molecule has 1 saturated heterocycles. The third kappa shape index (κ3) is 3.21. The molecule has 3 N–H and O–H groups in total. The number of anilines is 1. The van der Waals surface area contributed by atoms with Gasteiger partial charge in [-0.1, -0.05) is 30.3 Å². The molecule has 1 aliphatic rings. The quantitative estimate of drug-likeness (QED) is 0.730. The number of pyridine rings is 1. The highest BCUT2D eigenvalue weighted by Gasteiger charge is 2.34. The van der Waals surface area contributed by atoms with Crippen molar-refractivity contribution in [2.75, 3.05) is 25.5 Å². The van der Waals surface area contributed by atoms with E-state index in [2.05, 4.69) is 4.98 Å². The Hall–Kier alpha value is -2.96. The number of carbonyl (C=O) groups excluding carboxylic acids is 1. The Kier molecular flexibility index (Phi) is 4.98. The Bertz CT molecular complexity index is 1000. The van der Waals surface area contributed by atoms with Gasteiger partial charge in [0.1, 0.15) is 0 Å². The van der Waals surface area contributed by atoms with Crippen molar-refractivity contribution in [3.63, 3.8) is 0 Å². The first-order valence-electron chi connectivity index (χ1n) is 9.40. The largest absolute Gasteiger partial charge is 0.398 e. The van der Waals surface area contributed by atoms with Gasteiger partial charge in [0.25, 0.3) is 5.91 Å². The Morgan fingerprint density at radius 1 is 1.21 bits per heavy atom. The first-order valence-corrected chi connectivity index (χ1v) is 9.40. The fraction of sp³-hybridized carbons (Fsp3) is 0.273. The van der Waals surface area contributed by atoms with Gasteiger partial charge in [0.15, 0.2) is 0 Å². The molecule has 0 unspecified atom stereocenters. The SMILES string of the molecule is CCN(C(=O)c1ccc(-c2cccc3c(N)ccnc23)cc1)[C@H]1COC[C@@H]1O. The van der Waals surface area contributed by atoms with E-state index in [-0.39, 0.29) is 18.6 Å². The zero-order chi connectivity index (χ0) is 19.7. The molecule has 1 aromatic heterocycles. The molecule has 1 fully saturated rings. The predicted molar refractivity (Wildman–Crippen MR) is 109 cm³/mol. The standard InChI is InChI=1S/C22H23N3O3/c1-2-25(19-12-28-13-20(19)26)22(27)15-8-6-14(7-9-15)16-4-3-5-17-18(23)10-11-24-21(16)17/h3-11,19-20,26H,2,12-13H2,1H3,(H2,23,24)/t19-,20-/m0/s1. The van der Waals surface area contributed by atoms with E-state index < -0.39 is 6.10 Å². The number of likely N-dealkylation sites (N-methyl/N-ethyl adjacent to an activating group) is 1. The molecular formula is C22H23N3O3. The summed E-state index contributed by atoms with van der Waals surface area (Å²) in [5.41, 5.74) is 10.1. The van der Waals surface area contributed by atoms with Gasteiger partial charge in [-0.25, -0.2) is 0 Å². The average Bonchev–Trinajstić information content (AvgIpc) is 3.14. The van der Waals surface area contributed by atoms with Crippen LogP contribution in [0, 0.1) is 0 Å². The number of hydrogen-bond donors (Lipinski definition) is 2. The summed E-state index contributed by atoms with van der Waals surface area (Å²) < 4.78 is 5.30. The third-order valence-electron chi connectivity index (χ3n) is 5.27. The summed E-state index contributed by atoms with van der Waals surface area (Å²) in [6.07, 6.45) is 1.06. The average molecular weight is 377 g/mol. The maximum atomic E-state index is 12.9. The van der Waals surface area contributed by atoms with E-state index in [0.29, 0.717) is 24.4 Å². The zero-order valence-corrected chi connectivity index (χ0v) is 15.7. The predicted octanol–water partition coefficient (Wildman–Crippen LogP) is 2.71. The molecule has 0 saturated carbocycles. The van der Waals surface area contributed by atoms with Crippen LogP contribution in [-0.4, -0.2) is 52.8 Å². The molecule has 1 amide bonds. The molecule has 6 heteroatoms. The van der Waals surface area contributed by atoms with E-state index in [0.717, 1.165) is 22.0 Å². The molecule has 0 spiro atoms. The second-order valence-corrected chi connectivity index (χ2v) is 6.94. The lowest BCUT2D eigenvalue weighted by Gasteiger charge is -2.28. The fourth-order valence-corrected chi connectivity index (χ4v) is 3.75. The Balaban J connectivity index is 1.64. The van der Waals surface area contributed by atoms with Crippen molar-refractivity contribution in [3.8, 4) is 11.1 Å². The molecule has 144 valence electrons. The second kappa shape index (κ2) is 7.58. The zero-order valence-electron chi connectivity index (χ0n) is 15.7. The molecule has 2 aromatic carbocycles. The van der Waals surface area contributed by atoms with E-state index in [9.17, 15) is 9.90 Å². The normalized spacial score (nSPS) is 19.1. The molecule has 28 heavy (non-hydrogen) atoms. The molecule has 2 atom stereocenters. The molecule has 6 nitrogen and oxygen atoms in total. The summed E-state index contributed by atoms with van der Waals surface area (Å²) >= 11 is 0. The van der Waals surface area contributed by atoms with Gasteiger partial charge in [-0.2, -0.15) is 0 Å². The van der Waals surface area contributed by atoms with Crippen LogP contribution in [0.3, 0.4) is 0 Å². The Morgan fingerprint density at radius 3 is 2.68 bits per heavy atom. The lowest BCUT2D eigenvalue weighted by Crippen LogP contribution is -2.46. The van der Waals surface area contributed by atoms with E-state index in [1.54, 1.807) is 17.2 Å². The number of hydrogen-bond acceptors (Lipinski definition) is 5. The number of nitrogens with two attached hydrogens (primary N) is 1. The monoisotopic (exact) mass is 377 g/mol. The third-order valence-corrected chi connectivity index (χ3v) is 5.27. The number of ether oxygens (including phenoxy) is 1. The number of aliphatic hydroxyl groups excluding tert-OH is 1. The van der Waals surface area contributed by atoms with Crippen LogP contribution < -0.4 is 5.73 Å². The second-order valence-electron chi connectivity index (χ2n) is 6.94. The van der Waals surface area contributed by atoms with Crippen molar-refractivity contribution in [2.45, 2.75) is 19.1 Å². The van der Waals surface area contributed by atoms with E-state index in [1.807, 2.05) is 49.4 Å². The van der Waals surface area contributed by atoms with Gasteiger partial charge >= 0.3 is 0 Å². The highest BCUT2D eigenvalue weighted by molar-refractivity contribution is 6.00. The van der Waals surface area contributed by atoms with Crippen molar-refractivity contribution < 1.29 is 14.6 Å². The van der Waals surface area contributed by atoms with E-state index >= 15 is 0 Å². The van der Waals surface area contributed by atoms with Gasteiger partial charge in [0.2, 0.25) is 0 Å². The van der Waals surface area contributed by atoms with Crippen molar-refractivity contribution >= 4 is 22.5 Å². The van der Waals surface area contributed by atoms with Crippen LogP contribution in [0.2, 0.25) is 0 Å². The summed E-state index contributed by atoms with van der Waals surface area (Å²) in [5.74, 6) is -0.108. The minimum atomic E-state index is -0.643. The summed E-state index contributed by atoms with van der Waals surface area (Å²) in [6, 6.07) is 14.8. The molecule has 0 aliphatic carbocycles. The number of nitrogens with zero attached hydrogens (tertiary/aromatic N) is 2. The molecule has 1 aliphatic heterocycles. The molecule has 0 radical (unpaired) electrons. The lowest BCUT2D eigenvalue weighted by atomic mass is 9.99. The summed E-state index contributed by atoms with van der Waals surface area (Å²) in [6.45, 7) is 3.05. The van der Waals surface area contributed by atoms with E-state index in [1.165, 1.54) is 0 Å². The minimum absolute atomic E-state index is 0.108. The van der Waals surface area contributed by atoms with Crippen LogP contribution in [0.25, 0.3) is 22.0 Å². The number of nitrogen functional groups attached to an aromatic ring is 1. The highest BCUT2D eigenvalue weighted by atomic mass is 16.5. The smallest absolute Gasteiger partial charge is 0.254 e. The summed E-state index contributed by atoms with van der Waals surface area (Å²) in [4.78, 5) is 19.1. The first-order chi connectivity index (χ1) is 13.6. The number of amides is 1. The fourth-order valence-electron chi connectivity index (χ4n) is 3.75. The van der Waals surface area contributed by atoms with Crippen molar-refractivity contribution in [2.24, 2.45) is 0 Å². The van der Waals surface area contributed by atoms with Gasteiger partial charge in [0, 0.05) is 34.9 Å². The first kappa shape index (κ1) is 18.4. The van der Waals surface area contributed by atoms with Crippen LogP contribution in [0.1, 0.15) is 17.3 Å². The number of rotatable bonds is 4. The highest BCUT2D eigenvalue weighted by Crippen LogP contribution is 2.30. The molecule has 0 bridgehead atoms. The number of benzene rings is 2. The number of carbonyl (C=O) groups is 1.